The van der Waals surface area contributed by atoms with E-state index in [2.05, 4.69) is 5.32 Å². The fourth-order valence-corrected chi connectivity index (χ4v) is 1.72. The lowest BCUT2D eigenvalue weighted by atomic mass is 10.1. The number of amides is 1. The predicted octanol–water partition coefficient (Wildman–Crippen LogP) is 3.79. The Morgan fingerprint density at radius 2 is 2.14 bits per heavy atom. The van der Waals surface area contributed by atoms with Gasteiger partial charge in [-0.2, -0.15) is 0 Å². The van der Waals surface area contributed by atoms with E-state index >= 15 is 0 Å². The number of benzene rings is 1. The van der Waals surface area contributed by atoms with E-state index < -0.39 is 16.6 Å². The largest absolute Gasteiger partial charge is 0.444 e. The Bertz CT molecular complexity index is 565. The molecule has 0 spiro atoms. The standard InChI is InChI=1S/C14H17ClN2O4/c1-14(2,3)21-13(18)16-9-5-6-10-11(15)7-4-8-12(10)17(19)20/h4-8H,9H2,1-3H3,(H,16,18). The van der Waals surface area contributed by atoms with Crippen LogP contribution in [0.4, 0.5) is 10.5 Å². The second-order valence-corrected chi connectivity index (χ2v) is 5.62. The fourth-order valence-electron chi connectivity index (χ4n) is 1.48. The van der Waals surface area contributed by atoms with Crippen molar-refractivity contribution in [3.63, 3.8) is 0 Å². The summed E-state index contributed by atoms with van der Waals surface area (Å²) in [5.41, 5.74) is -0.360. The summed E-state index contributed by atoms with van der Waals surface area (Å²) in [4.78, 5) is 21.8. The summed E-state index contributed by atoms with van der Waals surface area (Å²) in [5.74, 6) is 0. The van der Waals surface area contributed by atoms with E-state index in [1.807, 2.05) is 0 Å². The minimum Gasteiger partial charge on any atom is -0.444 e. The van der Waals surface area contributed by atoms with Crippen LogP contribution in [-0.4, -0.2) is 23.2 Å². The Labute approximate surface area is 127 Å². The predicted molar refractivity (Wildman–Crippen MR) is 81.4 cm³/mol. The van der Waals surface area contributed by atoms with E-state index in [0.29, 0.717) is 5.56 Å². The van der Waals surface area contributed by atoms with Crippen LogP contribution in [0.5, 0.6) is 0 Å². The summed E-state index contributed by atoms with van der Waals surface area (Å²) in [5, 5.41) is 13.7. The molecule has 0 fully saturated rings. The van der Waals surface area contributed by atoms with Crippen molar-refractivity contribution in [2.45, 2.75) is 26.4 Å². The van der Waals surface area contributed by atoms with Crippen LogP contribution in [0, 0.1) is 10.1 Å². The molecule has 0 saturated carbocycles. The van der Waals surface area contributed by atoms with E-state index in [4.69, 9.17) is 16.3 Å². The molecule has 0 aliphatic carbocycles. The molecule has 0 unspecified atom stereocenters. The van der Waals surface area contributed by atoms with Crippen LogP contribution < -0.4 is 5.32 Å². The highest BCUT2D eigenvalue weighted by Gasteiger charge is 2.16. The van der Waals surface area contributed by atoms with Gasteiger partial charge in [-0.3, -0.25) is 10.1 Å². The maximum Gasteiger partial charge on any atom is 0.407 e. The van der Waals surface area contributed by atoms with Gasteiger partial charge in [-0.05, 0) is 32.9 Å². The van der Waals surface area contributed by atoms with Gasteiger partial charge in [0.25, 0.3) is 5.69 Å². The quantitative estimate of drug-likeness (QED) is 0.677. The monoisotopic (exact) mass is 312 g/mol. The first-order valence-electron chi connectivity index (χ1n) is 6.27. The van der Waals surface area contributed by atoms with Crippen LogP contribution >= 0.6 is 11.6 Å². The van der Waals surface area contributed by atoms with E-state index in [1.54, 1.807) is 32.9 Å². The van der Waals surface area contributed by atoms with Gasteiger partial charge in [0.15, 0.2) is 0 Å². The summed E-state index contributed by atoms with van der Waals surface area (Å²) in [6.45, 7) is 5.46. The average molecular weight is 313 g/mol. The van der Waals surface area contributed by atoms with Gasteiger partial charge in [0.2, 0.25) is 0 Å². The van der Waals surface area contributed by atoms with E-state index in [-0.39, 0.29) is 17.3 Å². The van der Waals surface area contributed by atoms with Crippen LogP contribution in [0.3, 0.4) is 0 Å². The van der Waals surface area contributed by atoms with Crippen LogP contribution in [0.15, 0.2) is 24.3 Å². The Hall–Kier alpha value is -2.08. The molecule has 1 amide bonds. The lowest BCUT2D eigenvalue weighted by Gasteiger charge is -2.19. The van der Waals surface area contributed by atoms with E-state index in [1.165, 1.54) is 18.2 Å². The molecule has 114 valence electrons. The van der Waals surface area contributed by atoms with Crippen molar-refractivity contribution in [1.82, 2.24) is 5.32 Å². The van der Waals surface area contributed by atoms with Gasteiger partial charge in [0, 0.05) is 12.6 Å². The van der Waals surface area contributed by atoms with Crippen molar-refractivity contribution in [2.75, 3.05) is 6.54 Å². The molecule has 0 atom stereocenters. The molecule has 0 saturated heterocycles. The van der Waals surface area contributed by atoms with Crippen molar-refractivity contribution >= 4 is 29.5 Å². The number of hydrogen-bond donors (Lipinski definition) is 1. The summed E-state index contributed by atoms with van der Waals surface area (Å²) in [7, 11) is 0. The van der Waals surface area contributed by atoms with Crippen LogP contribution in [0.25, 0.3) is 6.08 Å². The molecule has 0 bridgehead atoms. The molecule has 6 nitrogen and oxygen atoms in total. The summed E-state index contributed by atoms with van der Waals surface area (Å²) >= 11 is 5.93. The molecule has 1 rings (SSSR count). The maximum atomic E-state index is 11.4. The van der Waals surface area contributed by atoms with Crippen molar-refractivity contribution in [2.24, 2.45) is 0 Å². The van der Waals surface area contributed by atoms with Gasteiger partial charge >= 0.3 is 6.09 Å². The molecular weight excluding hydrogens is 296 g/mol. The Kier molecular flexibility index (Phi) is 5.72. The van der Waals surface area contributed by atoms with E-state index in [0.717, 1.165) is 0 Å². The zero-order valence-electron chi connectivity index (χ0n) is 12.1. The van der Waals surface area contributed by atoms with E-state index in [9.17, 15) is 14.9 Å². The highest BCUT2D eigenvalue weighted by Crippen LogP contribution is 2.27. The molecular formula is C14H17ClN2O4. The molecule has 0 aromatic heterocycles. The number of hydrogen-bond acceptors (Lipinski definition) is 4. The zero-order valence-corrected chi connectivity index (χ0v) is 12.8. The van der Waals surface area contributed by atoms with Crippen LogP contribution in [-0.2, 0) is 4.74 Å². The summed E-state index contributed by atoms with van der Waals surface area (Å²) in [6.07, 6.45) is 2.51. The summed E-state index contributed by atoms with van der Waals surface area (Å²) < 4.78 is 5.06. The minimum absolute atomic E-state index is 0.0870. The third kappa shape index (κ3) is 5.83. The Balaban J connectivity index is 2.66. The SMILES string of the molecule is CC(C)(C)OC(=O)NCC=Cc1c(Cl)cccc1[N+](=O)[O-]. The second kappa shape index (κ2) is 7.08. The number of nitrogens with zero attached hydrogens (tertiary/aromatic N) is 1. The number of ether oxygens (including phenoxy) is 1. The maximum absolute atomic E-state index is 11.4. The average Bonchev–Trinajstić information content (AvgIpc) is 2.33. The first-order valence-corrected chi connectivity index (χ1v) is 6.65. The zero-order chi connectivity index (χ0) is 16.0. The molecule has 1 aromatic rings. The normalized spacial score (nSPS) is 11.4. The van der Waals surface area contributed by atoms with Crippen molar-refractivity contribution in [3.05, 3.63) is 45.0 Å². The summed E-state index contributed by atoms with van der Waals surface area (Å²) in [6, 6.07) is 4.44. The number of rotatable bonds is 4. The van der Waals surface area contributed by atoms with Gasteiger partial charge in [-0.25, -0.2) is 4.79 Å². The highest BCUT2D eigenvalue weighted by atomic mass is 35.5. The van der Waals surface area contributed by atoms with Gasteiger partial charge in [-0.1, -0.05) is 23.7 Å². The number of nitrogens with one attached hydrogen (secondary N) is 1. The Morgan fingerprint density at radius 1 is 1.48 bits per heavy atom. The van der Waals surface area contributed by atoms with Gasteiger partial charge in [-0.15, -0.1) is 0 Å². The highest BCUT2D eigenvalue weighted by molar-refractivity contribution is 6.32. The third-order valence-electron chi connectivity index (χ3n) is 2.27. The number of nitro benzene ring substituents is 1. The molecule has 1 N–H and O–H groups in total. The number of halogens is 1. The molecule has 7 heteroatoms. The van der Waals surface area contributed by atoms with Crippen LogP contribution in [0.1, 0.15) is 26.3 Å². The fraction of sp³-hybridized carbons (Fsp3) is 0.357. The third-order valence-corrected chi connectivity index (χ3v) is 2.60. The number of carbonyl (C=O) groups excluding carboxylic acids is 1. The molecule has 0 aliphatic heterocycles. The Morgan fingerprint density at radius 3 is 2.71 bits per heavy atom. The van der Waals surface area contributed by atoms with Crippen molar-refractivity contribution < 1.29 is 14.5 Å². The van der Waals surface area contributed by atoms with Crippen molar-refractivity contribution in [1.29, 1.82) is 0 Å². The van der Waals surface area contributed by atoms with Gasteiger partial charge in [0.05, 0.1) is 15.5 Å². The molecule has 0 radical (unpaired) electrons. The number of nitro groups is 1. The van der Waals surface area contributed by atoms with Gasteiger partial charge in [0.1, 0.15) is 5.60 Å². The lowest BCUT2D eigenvalue weighted by molar-refractivity contribution is -0.385. The molecule has 0 aliphatic rings. The molecule has 1 aromatic carbocycles. The van der Waals surface area contributed by atoms with Gasteiger partial charge < -0.3 is 10.1 Å². The number of carbonyl (C=O) groups is 1. The first-order chi connectivity index (χ1) is 9.70. The topological polar surface area (TPSA) is 81.5 Å². The van der Waals surface area contributed by atoms with Crippen LogP contribution in [0.2, 0.25) is 5.02 Å². The number of alkyl carbamates (subject to hydrolysis) is 1. The second-order valence-electron chi connectivity index (χ2n) is 5.21. The molecule has 0 heterocycles. The molecule has 21 heavy (non-hydrogen) atoms. The minimum atomic E-state index is -0.574. The lowest BCUT2D eigenvalue weighted by Crippen LogP contribution is -2.32. The first kappa shape index (κ1) is 17.0. The van der Waals surface area contributed by atoms with Crippen molar-refractivity contribution in [3.8, 4) is 0 Å². The smallest absolute Gasteiger partial charge is 0.407 e.